The largest absolute Gasteiger partial charge is 0.507 e. The Kier molecular flexibility index (Phi) is 8.79. The normalized spacial score (nSPS) is 19.4. The smallest absolute Gasteiger partial charge is 0.127 e. The SMILES string of the molecule is CC(C)=CCC/C(C)=C/C=C/C(C)=C/CCC1(C)CCc2c(C)c(O)c(C)c(C)c2O1. The van der Waals surface area contributed by atoms with Crippen LogP contribution in [0.15, 0.2) is 47.1 Å². The van der Waals surface area contributed by atoms with Crippen LogP contribution < -0.4 is 4.74 Å². The topological polar surface area (TPSA) is 29.5 Å². The minimum absolute atomic E-state index is 0.157. The number of ether oxygens (including phenoxy) is 1. The van der Waals surface area contributed by atoms with Crippen LogP contribution in [0.1, 0.15) is 89.0 Å². The molecule has 1 unspecified atom stereocenters. The van der Waals surface area contributed by atoms with Gasteiger partial charge < -0.3 is 9.84 Å². The van der Waals surface area contributed by atoms with Crippen molar-refractivity contribution in [3.8, 4) is 11.5 Å². The van der Waals surface area contributed by atoms with E-state index in [2.05, 4.69) is 71.9 Å². The van der Waals surface area contributed by atoms with Gasteiger partial charge in [-0.1, -0.05) is 47.1 Å². The molecule has 0 fully saturated rings. The van der Waals surface area contributed by atoms with Gasteiger partial charge in [-0.15, -0.1) is 0 Å². The van der Waals surface area contributed by atoms with Crippen molar-refractivity contribution in [1.29, 1.82) is 0 Å². The summed E-state index contributed by atoms with van der Waals surface area (Å²) in [7, 11) is 0. The first-order valence-corrected chi connectivity index (χ1v) is 11.7. The van der Waals surface area contributed by atoms with Crippen LogP contribution in [-0.4, -0.2) is 10.7 Å². The quantitative estimate of drug-likeness (QED) is 0.337. The molecular weight excluding hydrogens is 380 g/mol. The van der Waals surface area contributed by atoms with Gasteiger partial charge in [-0.25, -0.2) is 0 Å². The summed E-state index contributed by atoms with van der Waals surface area (Å²) in [6, 6.07) is 0. The zero-order chi connectivity index (χ0) is 23.2. The van der Waals surface area contributed by atoms with Crippen LogP contribution in [0.4, 0.5) is 0 Å². The second-order valence-electron chi connectivity index (χ2n) is 9.76. The number of rotatable bonds is 8. The van der Waals surface area contributed by atoms with Gasteiger partial charge in [0.25, 0.3) is 0 Å². The lowest BCUT2D eigenvalue weighted by molar-refractivity contribution is 0.0558. The number of hydrogen-bond donors (Lipinski definition) is 1. The summed E-state index contributed by atoms with van der Waals surface area (Å²) in [5.41, 5.74) is 8.10. The summed E-state index contributed by atoms with van der Waals surface area (Å²) < 4.78 is 6.54. The Morgan fingerprint density at radius 3 is 2.39 bits per heavy atom. The lowest BCUT2D eigenvalue weighted by Crippen LogP contribution is -2.37. The Morgan fingerprint density at radius 1 is 1.00 bits per heavy atom. The molecule has 0 radical (unpaired) electrons. The highest BCUT2D eigenvalue weighted by atomic mass is 16.5. The van der Waals surface area contributed by atoms with Crippen LogP contribution in [0, 0.1) is 20.8 Å². The Bertz CT molecular complexity index is 907. The highest BCUT2D eigenvalue weighted by Gasteiger charge is 2.33. The Labute approximate surface area is 190 Å². The molecule has 1 aromatic rings. The maximum absolute atomic E-state index is 10.4. The van der Waals surface area contributed by atoms with Crippen LogP contribution in [0.2, 0.25) is 0 Å². The van der Waals surface area contributed by atoms with Gasteiger partial charge >= 0.3 is 0 Å². The minimum Gasteiger partial charge on any atom is -0.507 e. The molecule has 0 aromatic heterocycles. The summed E-state index contributed by atoms with van der Waals surface area (Å²) in [6.45, 7) is 16.9. The third-order valence-corrected chi connectivity index (χ3v) is 6.56. The fourth-order valence-corrected chi connectivity index (χ4v) is 4.18. The molecule has 0 amide bonds. The third kappa shape index (κ3) is 6.89. The molecule has 0 aliphatic carbocycles. The van der Waals surface area contributed by atoms with E-state index in [1.54, 1.807) is 0 Å². The van der Waals surface area contributed by atoms with Crippen molar-refractivity contribution in [2.24, 2.45) is 0 Å². The first-order chi connectivity index (χ1) is 14.5. The van der Waals surface area contributed by atoms with Crippen molar-refractivity contribution in [1.82, 2.24) is 0 Å². The zero-order valence-electron chi connectivity index (χ0n) is 21.0. The molecule has 1 aliphatic heterocycles. The highest BCUT2D eigenvalue weighted by Crippen LogP contribution is 2.44. The summed E-state index contributed by atoms with van der Waals surface area (Å²) in [5.74, 6) is 1.42. The highest BCUT2D eigenvalue weighted by molar-refractivity contribution is 5.58. The molecule has 0 spiro atoms. The van der Waals surface area contributed by atoms with Gasteiger partial charge in [-0.2, -0.15) is 0 Å². The molecule has 0 saturated carbocycles. The van der Waals surface area contributed by atoms with E-state index in [0.29, 0.717) is 5.75 Å². The van der Waals surface area contributed by atoms with E-state index in [9.17, 15) is 5.11 Å². The van der Waals surface area contributed by atoms with Crippen molar-refractivity contribution >= 4 is 0 Å². The van der Waals surface area contributed by atoms with E-state index >= 15 is 0 Å². The van der Waals surface area contributed by atoms with Gasteiger partial charge in [0.05, 0.1) is 0 Å². The minimum atomic E-state index is -0.157. The predicted octanol–water partition coefficient (Wildman–Crippen LogP) is 8.38. The molecule has 31 heavy (non-hydrogen) atoms. The van der Waals surface area contributed by atoms with Gasteiger partial charge in [0.15, 0.2) is 0 Å². The number of aromatic hydroxyl groups is 1. The van der Waals surface area contributed by atoms with Gasteiger partial charge in [-0.3, -0.25) is 0 Å². The number of hydrogen-bond acceptors (Lipinski definition) is 2. The average Bonchev–Trinajstić information content (AvgIpc) is 2.70. The third-order valence-electron chi connectivity index (χ3n) is 6.56. The lowest BCUT2D eigenvalue weighted by Gasteiger charge is -2.38. The van der Waals surface area contributed by atoms with Gasteiger partial charge in [0.2, 0.25) is 0 Å². The van der Waals surface area contributed by atoms with E-state index in [0.717, 1.165) is 61.0 Å². The maximum Gasteiger partial charge on any atom is 0.127 e. The summed E-state index contributed by atoms with van der Waals surface area (Å²) in [4.78, 5) is 0. The number of phenols is 1. The van der Waals surface area contributed by atoms with E-state index in [1.807, 2.05) is 13.8 Å². The van der Waals surface area contributed by atoms with Gasteiger partial charge in [0.1, 0.15) is 17.1 Å². The van der Waals surface area contributed by atoms with Crippen LogP contribution in [-0.2, 0) is 6.42 Å². The summed E-state index contributed by atoms with van der Waals surface area (Å²) in [5, 5.41) is 10.4. The Morgan fingerprint density at radius 2 is 1.71 bits per heavy atom. The van der Waals surface area contributed by atoms with Crippen LogP contribution in [0.3, 0.4) is 0 Å². The van der Waals surface area contributed by atoms with Crippen LogP contribution in [0.5, 0.6) is 11.5 Å². The number of benzene rings is 1. The van der Waals surface area contributed by atoms with Crippen LogP contribution in [0.25, 0.3) is 0 Å². The average molecular weight is 423 g/mol. The van der Waals surface area contributed by atoms with E-state index in [-0.39, 0.29) is 5.60 Å². The first kappa shape index (κ1) is 25.0. The van der Waals surface area contributed by atoms with Crippen molar-refractivity contribution < 1.29 is 9.84 Å². The molecule has 0 saturated heterocycles. The molecule has 1 N–H and O–H groups in total. The molecule has 0 bridgehead atoms. The van der Waals surface area contributed by atoms with E-state index < -0.39 is 0 Å². The molecule has 2 rings (SSSR count). The number of fused-ring (bicyclic) bond motifs is 1. The number of phenolic OH excluding ortho intramolecular Hbond substituents is 1. The lowest BCUT2D eigenvalue weighted by atomic mass is 9.85. The molecule has 1 heterocycles. The monoisotopic (exact) mass is 422 g/mol. The Hall–Kier alpha value is -2.22. The molecule has 1 aromatic carbocycles. The van der Waals surface area contributed by atoms with Crippen molar-refractivity contribution in [2.45, 2.75) is 99.5 Å². The van der Waals surface area contributed by atoms with Crippen molar-refractivity contribution in [2.75, 3.05) is 0 Å². The van der Waals surface area contributed by atoms with E-state index in [4.69, 9.17) is 4.74 Å². The van der Waals surface area contributed by atoms with Gasteiger partial charge in [-0.05, 0) is 111 Å². The first-order valence-electron chi connectivity index (χ1n) is 11.7. The fourth-order valence-electron chi connectivity index (χ4n) is 4.18. The predicted molar refractivity (Wildman–Crippen MR) is 134 cm³/mol. The van der Waals surface area contributed by atoms with E-state index in [1.165, 1.54) is 22.3 Å². The summed E-state index contributed by atoms with van der Waals surface area (Å²) >= 11 is 0. The van der Waals surface area contributed by atoms with Crippen LogP contribution >= 0.6 is 0 Å². The number of allylic oxidation sites excluding steroid dienone is 8. The second kappa shape index (κ2) is 10.9. The standard InChI is InChI=1S/C29H42O2/c1-20(2)12-9-13-21(3)14-10-15-22(4)16-11-18-29(8)19-17-26-25(7)27(30)23(5)24(6)28(26)31-29/h10,12,14-16,30H,9,11,13,17-19H2,1-8H3/b15-10+,21-14+,22-16+. The summed E-state index contributed by atoms with van der Waals surface area (Å²) in [6.07, 6.45) is 17.4. The van der Waals surface area contributed by atoms with Crippen molar-refractivity contribution in [3.63, 3.8) is 0 Å². The fraction of sp³-hybridized carbons (Fsp3) is 0.517. The zero-order valence-corrected chi connectivity index (χ0v) is 21.0. The molecular formula is C29H42O2. The molecule has 2 heteroatoms. The maximum atomic E-state index is 10.4. The molecule has 1 atom stereocenters. The molecule has 170 valence electrons. The molecule has 2 nitrogen and oxygen atoms in total. The molecule has 1 aliphatic rings. The Balaban J connectivity index is 1.95. The van der Waals surface area contributed by atoms with Gasteiger partial charge in [0, 0.05) is 5.56 Å². The second-order valence-corrected chi connectivity index (χ2v) is 9.76. The van der Waals surface area contributed by atoms with Crippen molar-refractivity contribution in [3.05, 3.63) is 69.4 Å².